The molecule has 5 nitrogen and oxygen atoms in total. The number of ether oxygens (including phenoxy) is 1. The maximum atomic E-state index is 13.2. The van der Waals surface area contributed by atoms with E-state index in [2.05, 4.69) is 11.3 Å². The second-order valence-electron chi connectivity index (χ2n) is 5.59. The summed E-state index contributed by atoms with van der Waals surface area (Å²) in [4.78, 5) is 12.1. The van der Waals surface area contributed by atoms with Crippen LogP contribution in [-0.4, -0.2) is 21.0 Å². The van der Waals surface area contributed by atoms with E-state index >= 15 is 0 Å². The molecule has 0 unspecified atom stereocenters. The second kappa shape index (κ2) is 7.48. The first kappa shape index (κ1) is 18.7. The van der Waals surface area contributed by atoms with E-state index in [1.54, 1.807) is 19.1 Å². The van der Waals surface area contributed by atoms with Crippen LogP contribution in [0.2, 0.25) is 0 Å². The third-order valence-corrected chi connectivity index (χ3v) is 4.79. The lowest BCUT2D eigenvalue weighted by molar-refractivity contribution is 0.0541. The summed E-state index contributed by atoms with van der Waals surface area (Å²) in [6, 6.07) is 9.46. The maximum Gasteiger partial charge on any atom is 0.340 e. The highest BCUT2D eigenvalue weighted by Gasteiger charge is 2.21. The number of sulfonamides is 1. The van der Waals surface area contributed by atoms with Crippen LogP contribution in [0.15, 0.2) is 59.5 Å². The molecule has 0 aliphatic heterocycles. The number of carbonyl (C=O) groups excluding carboxylic acids is 1. The number of hydrogen-bond donors (Lipinski definition) is 1. The molecular weight excluding hydrogens is 345 g/mol. The van der Waals surface area contributed by atoms with E-state index in [0.717, 1.165) is 12.1 Å². The molecule has 2 rings (SSSR count). The van der Waals surface area contributed by atoms with Crippen molar-refractivity contribution in [2.45, 2.75) is 18.7 Å². The molecule has 0 bridgehead atoms. The highest BCUT2D eigenvalue weighted by Crippen LogP contribution is 2.23. The van der Waals surface area contributed by atoms with Crippen LogP contribution in [0.1, 0.15) is 22.8 Å². The average molecular weight is 363 g/mol. The number of nitrogens with one attached hydrogen (secondary N) is 1. The van der Waals surface area contributed by atoms with E-state index in [4.69, 9.17) is 4.74 Å². The number of esters is 1. The Bertz CT molecular complexity index is 922. The van der Waals surface area contributed by atoms with Gasteiger partial charge in [-0.05, 0) is 55.3 Å². The molecule has 0 aromatic heterocycles. The van der Waals surface area contributed by atoms with Gasteiger partial charge in [0.25, 0.3) is 10.0 Å². The summed E-state index contributed by atoms with van der Waals surface area (Å²) in [6.45, 7) is 6.88. The zero-order valence-electron chi connectivity index (χ0n) is 13.9. The van der Waals surface area contributed by atoms with Crippen molar-refractivity contribution in [2.75, 3.05) is 11.3 Å². The number of carbonyl (C=O) groups is 1. The van der Waals surface area contributed by atoms with E-state index in [1.807, 2.05) is 0 Å². The second-order valence-corrected chi connectivity index (χ2v) is 7.24. The van der Waals surface area contributed by atoms with E-state index in [9.17, 15) is 17.6 Å². The first-order valence-electron chi connectivity index (χ1n) is 7.40. The fraction of sp³-hybridized carbons (Fsp3) is 0.167. The van der Waals surface area contributed by atoms with Crippen molar-refractivity contribution in [1.82, 2.24) is 0 Å². The summed E-state index contributed by atoms with van der Waals surface area (Å²) in [5.74, 6) is -1.20. The average Bonchev–Trinajstić information content (AvgIpc) is 2.52. The molecule has 0 radical (unpaired) electrons. The van der Waals surface area contributed by atoms with Gasteiger partial charge in [0.2, 0.25) is 0 Å². The summed E-state index contributed by atoms with van der Waals surface area (Å²) < 4.78 is 45.8. The van der Waals surface area contributed by atoms with Crippen molar-refractivity contribution >= 4 is 21.7 Å². The Morgan fingerprint density at radius 1 is 1.24 bits per heavy atom. The minimum absolute atomic E-state index is 0.0387. The largest absolute Gasteiger partial charge is 0.458 e. The van der Waals surface area contributed by atoms with Gasteiger partial charge in [-0.1, -0.05) is 18.7 Å². The molecule has 0 atom stereocenters. The van der Waals surface area contributed by atoms with Gasteiger partial charge in [0.05, 0.1) is 16.1 Å². The Morgan fingerprint density at radius 3 is 2.56 bits per heavy atom. The van der Waals surface area contributed by atoms with Crippen molar-refractivity contribution in [3.05, 3.63) is 71.6 Å². The molecule has 132 valence electrons. The fourth-order valence-corrected chi connectivity index (χ4v) is 3.44. The first-order chi connectivity index (χ1) is 11.7. The smallest absolute Gasteiger partial charge is 0.340 e. The normalized spacial score (nSPS) is 11.0. The third kappa shape index (κ3) is 4.67. The summed E-state index contributed by atoms with van der Waals surface area (Å²) in [5, 5.41) is 0. The van der Waals surface area contributed by atoms with E-state index in [-0.39, 0.29) is 28.3 Å². The van der Waals surface area contributed by atoms with Crippen molar-refractivity contribution in [1.29, 1.82) is 0 Å². The monoisotopic (exact) mass is 363 g/mol. The topological polar surface area (TPSA) is 72.5 Å². The van der Waals surface area contributed by atoms with Gasteiger partial charge >= 0.3 is 5.97 Å². The number of halogens is 1. The lowest BCUT2D eigenvalue weighted by Crippen LogP contribution is -2.17. The molecule has 2 aromatic carbocycles. The molecule has 0 spiro atoms. The SMILES string of the molecule is C=C(C)COC(=O)c1ccccc1NS(=O)(=O)c1ccc(F)cc1C. The van der Waals surface area contributed by atoms with Crippen LogP contribution in [0.5, 0.6) is 0 Å². The summed E-state index contributed by atoms with van der Waals surface area (Å²) in [5.41, 5.74) is 1.08. The zero-order valence-corrected chi connectivity index (χ0v) is 14.7. The molecule has 0 heterocycles. The Labute approximate surface area is 146 Å². The number of para-hydroxylation sites is 1. The van der Waals surface area contributed by atoms with Gasteiger partial charge in [-0.2, -0.15) is 0 Å². The summed E-state index contributed by atoms with van der Waals surface area (Å²) in [7, 11) is -3.99. The van der Waals surface area contributed by atoms with Gasteiger partial charge in [0.15, 0.2) is 0 Å². The lowest BCUT2D eigenvalue weighted by atomic mass is 10.2. The zero-order chi connectivity index (χ0) is 18.6. The van der Waals surface area contributed by atoms with Gasteiger partial charge < -0.3 is 4.74 Å². The van der Waals surface area contributed by atoms with E-state index in [1.165, 1.54) is 25.1 Å². The molecule has 0 amide bonds. The molecule has 25 heavy (non-hydrogen) atoms. The van der Waals surface area contributed by atoms with Crippen molar-refractivity contribution in [3.63, 3.8) is 0 Å². The van der Waals surface area contributed by atoms with Crippen LogP contribution in [-0.2, 0) is 14.8 Å². The van der Waals surface area contributed by atoms with E-state index < -0.39 is 21.8 Å². The quantitative estimate of drug-likeness (QED) is 0.628. The Balaban J connectivity index is 2.33. The molecule has 1 N–H and O–H groups in total. The number of benzene rings is 2. The molecule has 0 saturated carbocycles. The van der Waals surface area contributed by atoms with Crippen LogP contribution in [0.25, 0.3) is 0 Å². The third-order valence-electron chi connectivity index (χ3n) is 3.27. The van der Waals surface area contributed by atoms with Crippen LogP contribution < -0.4 is 4.72 Å². The van der Waals surface area contributed by atoms with Gasteiger partial charge in [-0.25, -0.2) is 17.6 Å². The highest BCUT2D eigenvalue weighted by molar-refractivity contribution is 7.92. The van der Waals surface area contributed by atoms with Crippen molar-refractivity contribution < 1.29 is 22.3 Å². The molecule has 7 heteroatoms. The Hall–Kier alpha value is -2.67. The molecular formula is C18H18FNO4S. The minimum Gasteiger partial charge on any atom is -0.458 e. The number of anilines is 1. The first-order valence-corrected chi connectivity index (χ1v) is 8.88. The summed E-state index contributed by atoms with van der Waals surface area (Å²) in [6.07, 6.45) is 0. The van der Waals surface area contributed by atoms with Crippen molar-refractivity contribution in [3.8, 4) is 0 Å². The number of hydrogen-bond acceptors (Lipinski definition) is 4. The van der Waals surface area contributed by atoms with Crippen molar-refractivity contribution in [2.24, 2.45) is 0 Å². The van der Waals surface area contributed by atoms with Crippen LogP contribution in [0.3, 0.4) is 0 Å². The molecule has 0 aliphatic rings. The molecule has 0 aliphatic carbocycles. The van der Waals surface area contributed by atoms with Gasteiger partial charge in [-0.15, -0.1) is 0 Å². The Kier molecular flexibility index (Phi) is 5.58. The maximum absolute atomic E-state index is 13.2. The predicted molar refractivity (Wildman–Crippen MR) is 93.5 cm³/mol. The Morgan fingerprint density at radius 2 is 1.92 bits per heavy atom. The number of aryl methyl sites for hydroxylation is 1. The fourth-order valence-electron chi connectivity index (χ4n) is 2.13. The summed E-state index contributed by atoms with van der Waals surface area (Å²) >= 11 is 0. The molecule has 0 fully saturated rings. The van der Waals surface area contributed by atoms with E-state index in [0.29, 0.717) is 5.57 Å². The number of rotatable bonds is 6. The van der Waals surface area contributed by atoms with Gasteiger partial charge in [-0.3, -0.25) is 4.72 Å². The minimum atomic E-state index is -3.99. The molecule has 2 aromatic rings. The van der Waals surface area contributed by atoms with Crippen LogP contribution >= 0.6 is 0 Å². The lowest BCUT2D eigenvalue weighted by Gasteiger charge is -2.13. The highest BCUT2D eigenvalue weighted by atomic mass is 32.2. The standard InChI is InChI=1S/C18H18FNO4S/c1-12(2)11-24-18(21)15-6-4-5-7-16(15)20-25(22,23)17-9-8-14(19)10-13(17)3/h4-10,20H,1,11H2,2-3H3. The predicted octanol–water partition coefficient (Wildman–Crippen LogP) is 3.67. The van der Waals surface area contributed by atoms with Gasteiger partial charge in [0.1, 0.15) is 12.4 Å². The van der Waals surface area contributed by atoms with Crippen LogP contribution in [0, 0.1) is 12.7 Å². The van der Waals surface area contributed by atoms with Gasteiger partial charge in [0, 0.05) is 0 Å². The molecule has 0 saturated heterocycles. The van der Waals surface area contributed by atoms with Crippen LogP contribution in [0.4, 0.5) is 10.1 Å².